The molecule has 8 heteroatoms. The molecule has 0 saturated carbocycles. The van der Waals surface area contributed by atoms with E-state index in [0.29, 0.717) is 6.61 Å². The minimum atomic E-state index is 0. The van der Waals surface area contributed by atoms with Crippen molar-refractivity contribution < 1.29 is 9.84 Å². The largest absolute Gasteiger partial charge is 0.396 e. The number of ether oxygens (including phenoxy) is 1. The normalized spacial score (nSPS) is 20.4. The second-order valence-electron chi connectivity index (χ2n) is 6.47. The Balaban J connectivity index is 0.00000312. The molecule has 25 heavy (non-hydrogen) atoms. The van der Waals surface area contributed by atoms with E-state index in [-0.39, 0.29) is 36.0 Å². The Kier molecular flexibility index (Phi) is 10.9. The zero-order chi connectivity index (χ0) is 17.3. The smallest absolute Gasteiger partial charge is 0.190 e. The van der Waals surface area contributed by atoms with Gasteiger partial charge in [-0.2, -0.15) is 0 Å². The molecule has 0 aliphatic carbocycles. The molecule has 1 saturated heterocycles. The minimum Gasteiger partial charge on any atom is -0.396 e. The van der Waals surface area contributed by atoms with E-state index in [1.165, 1.54) is 5.01 Å². The number of unbranched alkanes of at least 4 members (excludes halogenated alkanes) is 1. The average Bonchev–Trinajstić information content (AvgIpc) is 3.20. The number of rotatable bonds is 9. The average molecular weight is 482 g/mol. The van der Waals surface area contributed by atoms with Crippen LogP contribution in [-0.2, 0) is 11.2 Å². The third kappa shape index (κ3) is 7.76. The quantitative estimate of drug-likeness (QED) is 0.218. The van der Waals surface area contributed by atoms with E-state index < -0.39 is 0 Å². The van der Waals surface area contributed by atoms with Crippen molar-refractivity contribution in [1.29, 1.82) is 0 Å². The van der Waals surface area contributed by atoms with Gasteiger partial charge in [-0.25, -0.2) is 4.98 Å². The molecule has 1 fully saturated rings. The summed E-state index contributed by atoms with van der Waals surface area (Å²) >= 11 is 1.74. The Morgan fingerprint density at radius 1 is 1.44 bits per heavy atom. The van der Waals surface area contributed by atoms with Gasteiger partial charge < -0.3 is 20.5 Å². The van der Waals surface area contributed by atoms with Crippen molar-refractivity contribution in [3.05, 3.63) is 16.1 Å². The topological polar surface area (TPSA) is 78.8 Å². The van der Waals surface area contributed by atoms with Crippen LogP contribution in [0, 0.1) is 12.3 Å². The van der Waals surface area contributed by atoms with E-state index in [2.05, 4.69) is 26.0 Å². The van der Waals surface area contributed by atoms with Gasteiger partial charge >= 0.3 is 0 Å². The number of nitrogens with one attached hydrogen (secondary N) is 2. The summed E-state index contributed by atoms with van der Waals surface area (Å²) in [5, 5.41) is 19.4. The molecule has 2 rings (SSSR count). The lowest BCUT2D eigenvalue weighted by Gasteiger charge is -2.27. The van der Waals surface area contributed by atoms with Crippen molar-refractivity contribution in [2.45, 2.75) is 39.0 Å². The van der Waals surface area contributed by atoms with Crippen LogP contribution >= 0.6 is 35.3 Å². The Morgan fingerprint density at radius 2 is 2.28 bits per heavy atom. The van der Waals surface area contributed by atoms with Crippen LogP contribution in [0.15, 0.2) is 10.4 Å². The van der Waals surface area contributed by atoms with Gasteiger partial charge in [0.1, 0.15) is 0 Å². The van der Waals surface area contributed by atoms with Gasteiger partial charge in [0.25, 0.3) is 0 Å². The Labute approximate surface area is 171 Å². The predicted molar refractivity (Wildman–Crippen MR) is 114 cm³/mol. The SMILES string of the molecule is CN=C(NCCCCc1nc(C)cs1)NCC1(CCO)CCOC1.I. The van der Waals surface area contributed by atoms with Crippen LogP contribution in [0.3, 0.4) is 0 Å². The first kappa shape index (κ1) is 22.6. The molecular weight excluding hydrogens is 451 g/mol. The molecule has 2 heterocycles. The molecule has 1 aliphatic rings. The van der Waals surface area contributed by atoms with Gasteiger partial charge in [-0.1, -0.05) is 0 Å². The lowest BCUT2D eigenvalue weighted by atomic mass is 9.84. The van der Waals surface area contributed by atoms with Crippen molar-refractivity contribution in [2.24, 2.45) is 10.4 Å². The van der Waals surface area contributed by atoms with Crippen LogP contribution in [0.4, 0.5) is 0 Å². The summed E-state index contributed by atoms with van der Waals surface area (Å²) in [5.41, 5.74) is 1.15. The molecule has 144 valence electrons. The number of thiazole rings is 1. The maximum Gasteiger partial charge on any atom is 0.190 e. The zero-order valence-electron chi connectivity index (χ0n) is 15.2. The molecule has 0 aromatic carbocycles. The first-order valence-electron chi connectivity index (χ1n) is 8.71. The van der Waals surface area contributed by atoms with Crippen LogP contribution < -0.4 is 10.6 Å². The molecule has 6 nitrogen and oxygen atoms in total. The van der Waals surface area contributed by atoms with E-state index in [0.717, 1.165) is 63.5 Å². The number of hydrogen-bond donors (Lipinski definition) is 3. The molecular formula is C17H31IN4O2S. The molecule has 0 amide bonds. The van der Waals surface area contributed by atoms with Crippen LogP contribution in [0.2, 0.25) is 0 Å². The number of hydrogen-bond acceptors (Lipinski definition) is 5. The maximum atomic E-state index is 9.28. The van der Waals surface area contributed by atoms with Crippen molar-refractivity contribution >= 4 is 41.3 Å². The Hall–Kier alpha value is -0.450. The van der Waals surface area contributed by atoms with Gasteiger partial charge in [-0.15, -0.1) is 35.3 Å². The monoisotopic (exact) mass is 482 g/mol. The summed E-state index contributed by atoms with van der Waals surface area (Å²) in [4.78, 5) is 8.77. The third-order valence-corrected chi connectivity index (χ3v) is 5.48. The number of aliphatic imine (C=N–C) groups is 1. The molecule has 1 unspecified atom stereocenters. The van der Waals surface area contributed by atoms with Crippen LogP contribution in [0.1, 0.15) is 36.4 Å². The van der Waals surface area contributed by atoms with E-state index >= 15 is 0 Å². The summed E-state index contributed by atoms with van der Waals surface area (Å²) in [6.07, 6.45) is 5.02. The molecule has 0 spiro atoms. The lowest BCUT2D eigenvalue weighted by molar-refractivity contribution is 0.127. The van der Waals surface area contributed by atoms with Crippen molar-refractivity contribution in [3.8, 4) is 0 Å². The van der Waals surface area contributed by atoms with Crippen LogP contribution in [0.25, 0.3) is 0 Å². The van der Waals surface area contributed by atoms with E-state index in [4.69, 9.17) is 4.74 Å². The number of aliphatic hydroxyl groups is 1. The molecule has 0 bridgehead atoms. The number of aryl methyl sites for hydroxylation is 2. The number of aromatic nitrogens is 1. The summed E-state index contributed by atoms with van der Waals surface area (Å²) < 4.78 is 5.52. The van der Waals surface area contributed by atoms with Gasteiger partial charge in [0, 0.05) is 49.8 Å². The summed E-state index contributed by atoms with van der Waals surface area (Å²) in [6.45, 7) is 5.41. The van der Waals surface area contributed by atoms with Gasteiger partial charge in [0.15, 0.2) is 5.96 Å². The highest BCUT2D eigenvalue weighted by Crippen LogP contribution is 2.31. The molecule has 1 aromatic rings. The molecule has 3 N–H and O–H groups in total. The number of nitrogens with zero attached hydrogens (tertiary/aromatic N) is 2. The molecule has 1 aromatic heterocycles. The van der Waals surface area contributed by atoms with Crippen LogP contribution in [-0.4, -0.2) is 56.0 Å². The van der Waals surface area contributed by atoms with E-state index in [1.54, 1.807) is 18.4 Å². The minimum absolute atomic E-state index is 0. The standard InChI is InChI=1S/C17H30N4O2S.HI/c1-14-11-24-15(21-14)5-3-4-8-19-16(18-2)20-12-17(6-9-22)7-10-23-13-17;/h11,22H,3-10,12-13H2,1-2H3,(H2,18,19,20);1H. The molecule has 1 aliphatic heterocycles. The fourth-order valence-corrected chi connectivity index (χ4v) is 3.75. The van der Waals surface area contributed by atoms with E-state index in [1.807, 2.05) is 6.92 Å². The van der Waals surface area contributed by atoms with Crippen LogP contribution in [0.5, 0.6) is 0 Å². The van der Waals surface area contributed by atoms with Gasteiger partial charge in [-0.05, 0) is 39.0 Å². The fourth-order valence-electron chi connectivity index (χ4n) is 2.93. The molecule has 0 radical (unpaired) electrons. The lowest BCUT2D eigenvalue weighted by Crippen LogP contribution is -2.44. The van der Waals surface area contributed by atoms with Crippen molar-refractivity contribution in [2.75, 3.05) is 40.0 Å². The Morgan fingerprint density at radius 3 is 2.88 bits per heavy atom. The second-order valence-corrected chi connectivity index (χ2v) is 7.41. The van der Waals surface area contributed by atoms with Crippen molar-refractivity contribution in [3.63, 3.8) is 0 Å². The highest BCUT2D eigenvalue weighted by atomic mass is 127. The van der Waals surface area contributed by atoms with Crippen molar-refractivity contribution in [1.82, 2.24) is 15.6 Å². The van der Waals surface area contributed by atoms with Gasteiger partial charge in [0.2, 0.25) is 0 Å². The van der Waals surface area contributed by atoms with E-state index in [9.17, 15) is 5.11 Å². The van der Waals surface area contributed by atoms with Gasteiger partial charge in [-0.3, -0.25) is 4.99 Å². The summed E-state index contributed by atoms with van der Waals surface area (Å²) in [6, 6.07) is 0. The fraction of sp³-hybridized carbons (Fsp3) is 0.765. The third-order valence-electron chi connectivity index (χ3n) is 4.46. The first-order valence-corrected chi connectivity index (χ1v) is 9.59. The highest BCUT2D eigenvalue weighted by Gasteiger charge is 2.34. The Bertz CT molecular complexity index is 519. The zero-order valence-corrected chi connectivity index (χ0v) is 18.4. The first-order chi connectivity index (χ1) is 11.7. The summed E-state index contributed by atoms with van der Waals surface area (Å²) in [7, 11) is 1.79. The van der Waals surface area contributed by atoms with Gasteiger partial charge in [0.05, 0.1) is 11.6 Å². The number of guanidine groups is 1. The molecule has 1 atom stereocenters. The maximum absolute atomic E-state index is 9.28. The second kappa shape index (κ2) is 12.0. The summed E-state index contributed by atoms with van der Waals surface area (Å²) in [5.74, 6) is 0.823. The highest BCUT2D eigenvalue weighted by molar-refractivity contribution is 14.0. The number of aliphatic hydroxyl groups excluding tert-OH is 1. The number of halogens is 1. The predicted octanol–water partition coefficient (Wildman–Crippen LogP) is 2.35.